The Bertz CT molecular complexity index is 769. The predicted molar refractivity (Wildman–Crippen MR) is 85.4 cm³/mol. The number of halogens is 2. The Labute approximate surface area is 131 Å². The van der Waals surface area contributed by atoms with Gasteiger partial charge in [0.1, 0.15) is 5.82 Å². The molecule has 2 rings (SSSR count). The summed E-state index contributed by atoms with van der Waals surface area (Å²) in [7, 11) is 0. The molecule has 112 valence electrons. The average Bonchev–Trinajstić information content (AvgIpc) is 2.47. The summed E-state index contributed by atoms with van der Waals surface area (Å²) in [5, 5.41) is 8.33. The van der Waals surface area contributed by atoms with E-state index in [9.17, 15) is 9.18 Å². The number of carbonyl (C=O) groups is 1. The molecule has 0 saturated heterocycles. The van der Waals surface area contributed by atoms with Crippen LogP contribution < -0.4 is 11.5 Å². The number of hydrogen-bond acceptors (Lipinski definition) is 3. The smallest absolute Gasteiger partial charge is 0.249 e. The van der Waals surface area contributed by atoms with Crippen molar-refractivity contribution in [3.05, 3.63) is 76.1 Å². The van der Waals surface area contributed by atoms with Crippen molar-refractivity contribution in [2.75, 3.05) is 0 Å². The highest BCUT2D eigenvalue weighted by Gasteiger charge is 2.15. The molecular formula is C16H13ClFN3O. The van der Waals surface area contributed by atoms with Crippen molar-refractivity contribution in [2.45, 2.75) is 0 Å². The van der Waals surface area contributed by atoms with Gasteiger partial charge in [0.05, 0.1) is 10.7 Å². The second-order valence-electron chi connectivity index (χ2n) is 4.55. The Kier molecular flexibility index (Phi) is 4.58. The number of primary amides is 1. The molecule has 22 heavy (non-hydrogen) atoms. The lowest BCUT2D eigenvalue weighted by Crippen LogP contribution is -2.16. The zero-order chi connectivity index (χ0) is 16.3. The minimum atomic E-state index is -0.684. The van der Waals surface area contributed by atoms with Crippen LogP contribution in [0.25, 0.3) is 5.70 Å². The Morgan fingerprint density at radius 2 is 1.77 bits per heavy atom. The summed E-state index contributed by atoms with van der Waals surface area (Å²) in [6, 6.07) is 10.1. The van der Waals surface area contributed by atoms with Crippen LogP contribution in [0.15, 0.2) is 48.5 Å². The molecule has 0 unspecified atom stereocenters. The number of nitrogens with one attached hydrogen (secondary N) is 1. The van der Waals surface area contributed by atoms with Crippen LogP contribution in [0.5, 0.6) is 0 Å². The molecule has 0 atom stereocenters. The molecule has 0 fully saturated rings. The van der Waals surface area contributed by atoms with Crippen molar-refractivity contribution < 1.29 is 9.18 Å². The van der Waals surface area contributed by atoms with E-state index in [1.165, 1.54) is 36.4 Å². The van der Waals surface area contributed by atoms with Gasteiger partial charge >= 0.3 is 0 Å². The second-order valence-corrected chi connectivity index (χ2v) is 4.95. The summed E-state index contributed by atoms with van der Waals surface area (Å²) in [6.45, 7) is 0. The number of allylic oxidation sites excluding steroid dienone is 1. The molecule has 0 aliphatic carbocycles. The van der Waals surface area contributed by atoms with Crippen LogP contribution in [0.1, 0.15) is 21.5 Å². The standard InChI is InChI=1S/C16H13ClFN3O/c17-12-3-1-2-11(16(21)22)15(12)14(20)8-13(19)9-4-6-10(18)7-5-9/h1-8,20H,19H2,(H2,21,22)/b13-8-,20-14?. The van der Waals surface area contributed by atoms with Gasteiger partial charge in [0.15, 0.2) is 0 Å². The molecule has 0 spiro atoms. The van der Waals surface area contributed by atoms with E-state index in [1.807, 2.05) is 0 Å². The molecule has 0 aromatic heterocycles. The van der Waals surface area contributed by atoms with E-state index in [1.54, 1.807) is 12.1 Å². The van der Waals surface area contributed by atoms with Crippen molar-refractivity contribution in [3.63, 3.8) is 0 Å². The van der Waals surface area contributed by atoms with Crippen LogP contribution in [0.2, 0.25) is 5.02 Å². The molecule has 0 saturated carbocycles. The first kappa shape index (κ1) is 15.7. The summed E-state index contributed by atoms with van der Waals surface area (Å²) in [6.07, 6.45) is 1.35. The van der Waals surface area contributed by atoms with Crippen molar-refractivity contribution in [1.29, 1.82) is 5.41 Å². The molecular weight excluding hydrogens is 305 g/mol. The second kappa shape index (κ2) is 6.41. The highest BCUT2D eigenvalue weighted by molar-refractivity contribution is 6.36. The molecule has 1 amide bonds. The molecule has 2 aromatic rings. The van der Waals surface area contributed by atoms with E-state index < -0.39 is 5.91 Å². The molecule has 2 aromatic carbocycles. The fraction of sp³-hybridized carbons (Fsp3) is 0. The fourth-order valence-electron chi connectivity index (χ4n) is 1.96. The monoisotopic (exact) mass is 317 g/mol. The summed E-state index contributed by atoms with van der Waals surface area (Å²) < 4.78 is 12.9. The number of nitrogens with two attached hydrogens (primary N) is 2. The number of rotatable bonds is 4. The van der Waals surface area contributed by atoms with Crippen LogP contribution >= 0.6 is 11.6 Å². The Morgan fingerprint density at radius 3 is 2.36 bits per heavy atom. The lowest BCUT2D eigenvalue weighted by Gasteiger charge is -2.09. The molecule has 0 heterocycles. The molecule has 0 radical (unpaired) electrons. The molecule has 5 N–H and O–H groups in total. The molecule has 6 heteroatoms. The maximum absolute atomic E-state index is 12.9. The van der Waals surface area contributed by atoms with Gasteiger partial charge in [0.25, 0.3) is 0 Å². The fourth-order valence-corrected chi connectivity index (χ4v) is 2.23. The molecule has 0 aliphatic rings. The lowest BCUT2D eigenvalue weighted by atomic mass is 10.0. The first-order valence-corrected chi connectivity index (χ1v) is 6.68. The topological polar surface area (TPSA) is 93.0 Å². The lowest BCUT2D eigenvalue weighted by molar-refractivity contribution is 0.1000. The zero-order valence-electron chi connectivity index (χ0n) is 11.4. The summed E-state index contributed by atoms with van der Waals surface area (Å²) in [5.74, 6) is -1.07. The van der Waals surface area contributed by atoms with Crippen LogP contribution in [0.3, 0.4) is 0 Å². The summed E-state index contributed by atoms with van der Waals surface area (Å²) in [4.78, 5) is 11.4. The maximum atomic E-state index is 12.9. The van der Waals surface area contributed by atoms with E-state index in [-0.39, 0.29) is 33.4 Å². The van der Waals surface area contributed by atoms with Gasteiger partial charge in [-0.05, 0) is 35.9 Å². The van der Waals surface area contributed by atoms with Crippen LogP contribution in [0.4, 0.5) is 4.39 Å². The predicted octanol–water partition coefficient (Wildman–Crippen LogP) is 2.95. The van der Waals surface area contributed by atoms with Crippen LogP contribution in [0, 0.1) is 11.2 Å². The van der Waals surface area contributed by atoms with Crippen LogP contribution in [-0.2, 0) is 0 Å². The van der Waals surface area contributed by atoms with Gasteiger partial charge in [-0.25, -0.2) is 4.39 Å². The van der Waals surface area contributed by atoms with Gasteiger partial charge in [-0.15, -0.1) is 0 Å². The first-order valence-electron chi connectivity index (χ1n) is 6.30. The zero-order valence-corrected chi connectivity index (χ0v) is 12.2. The molecule has 4 nitrogen and oxygen atoms in total. The van der Waals surface area contributed by atoms with Crippen LogP contribution in [-0.4, -0.2) is 11.6 Å². The molecule has 0 bridgehead atoms. The van der Waals surface area contributed by atoms with Gasteiger partial charge in [-0.1, -0.05) is 29.8 Å². The van der Waals surface area contributed by atoms with Gasteiger partial charge < -0.3 is 16.9 Å². The molecule has 0 aliphatic heterocycles. The van der Waals surface area contributed by atoms with E-state index in [0.717, 1.165) is 0 Å². The van der Waals surface area contributed by atoms with Crippen molar-refractivity contribution in [1.82, 2.24) is 0 Å². The number of hydrogen-bond donors (Lipinski definition) is 3. The largest absolute Gasteiger partial charge is 0.398 e. The number of benzene rings is 2. The Hall–Kier alpha value is -2.66. The number of amides is 1. The van der Waals surface area contributed by atoms with Crippen molar-refractivity contribution in [3.8, 4) is 0 Å². The minimum absolute atomic E-state index is 0.0544. The van der Waals surface area contributed by atoms with Gasteiger partial charge in [-0.3, -0.25) is 4.79 Å². The highest BCUT2D eigenvalue weighted by Crippen LogP contribution is 2.22. The van der Waals surface area contributed by atoms with E-state index in [2.05, 4.69) is 0 Å². The highest BCUT2D eigenvalue weighted by atomic mass is 35.5. The first-order chi connectivity index (χ1) is 10.4. The maximum Gasteiger partial charge on any atom is 0.249 e. The average molecular weight is 318 g/mol. The van der Waals surface area contributed by atoms with Crippen molar-refractivity contribution in [2.24, 2.45) is 11.5 Å². The third-order valence-electron chi connectivity index (χ3n) is 3.03. The summed E-state index contributed by atoms with van der Waals surface area (Å²) in [5.41, 5.74) is 12.3. The number of carbonyl (C=O) groups excluding carboxylic acids is 1. The van der Waals surface area contributed by atoms with E-state index >= 15 is 0 Å². The van der Waals surface area contributed by atoms with E-state index in [4.69, 9.17) is 28.5 Å². The minimum Gasteiger partial charge on any atom is -0.398 e. The quantitative estimate of drug-likeness (QED) is 0.756. The third-order valence-corrected chi connectivity index (χ3v) is 3.34. The Balaban J connectivity index is 2.42. The van der Waals surface area contributed by atoms with Gasteiger partial charge in [-0.2, -0.15) is 0 Å². The normalized spacial score (nSPS) is 11.3. The van der Waals surface area contributed by atoms with Gasteiger partial charge in [0.2, 0.25) is 5.91 Å². The van der Waals surface area contributed by atoms with Gasteiger partial charge in [0, 0.05) is 16.8 Å². The Morgan fingerprint density at radius 1 is 1.14 bits per heavy atom. The summed E-state index contributed by atoms with van der Waals surface area (Å²) >= 11 is 6.05. The van der Waals surface area contributed by atoms with Crippen molar-refractivity contribution >= 4 is 28.9 Å². The third kappa shape index (κ3) is 3.32. The SMILES string of the molecule is N=C(/C=C(\N)c1ccc(F)cc1)c1c(Cl)cccc1C(N)=O. The van der Waals surface area contributed by atoms with E-state index in [0.29, 0.717) is 5.56 Å².